The van der Waals surface area contributed by atoms with Crippen LogP contribution in [0.4, 0.5) is 4.39 Å². The maximum Gasteiger partial charge on any atom is 0.303 e. The molecule has 3 rings (SSSR count). The Hall–Kier alpha value is -4.42. The Morgan fingerprint density at radius 1 is 0.795 bits per heavy atom. The molecule has 3 aromatic rings. The maximum atomic E-state index is 13.9. The predicted molar refractivity (Wildman–Crippen MR) is 157 cm³/mol. The number of thiophene rings is 1. The number of carbonyl (C=O) groups is 5. The number of halogens is 1. The molecular formula is C32H33FO10S. The molecule has 0 fully saturated rings. The van der Waals surface area contributed by atoms with Crippen LogP contribution in [0.3, 0.4) is 0 Å². The molecule has 0 bridgehead atoms. The monoisotopic (exact) mass is 628 g/mol. The minimum absolute atomic E-state index is 0.0976. The Labute approximate surface area is 257 Å². The lowest BCUT2D eigenvalue weighted by atomic mass is 9.93. The standard InChI is InChI=1S/C32H33FO10S/c1-17-6-7-23(14-24(17)15-26-12-13-28(44-26)22-8-10-25(33)11-9-22)29(39)31(42-20(4)36)32(43-21(5)37)30(41-19(3)35)27(38)16-40-18(2)34/h6-14,27,30-32,38H,15-16H2,1-5H3/t27-,30-,31+,32+/m1/s1. The van der Waals surface area contributed by atoms with Crippen molar-refractivity contribution < 1.29 is 52.4 Å². The van der Waals surface area contributed by atoms with Crippen molar-refractivity contribution in [3.63, 3.8) is 0 Å². The Kier molecular flexibility index (Phi) is 11.9. The number of ketones is 1. The second kappa shape index (κ2) is 15.3. The van der Waals surface area contributed by atoms with Crippen molar-refractivity contribution >= 4 is 41.0 Å². The zero-order valence-corrected chi connectivity index (χ0v) is 25.6. The van der Waals surface area contributed by atoms with Crippen molar-refractivity contribution in [1.29, 1.82) is 0 Å². The first-order valence-corrected chi connectivity index (χ1v) is 14.4. The summed E-state index contributed by atoms with van der Waals surface area (Å²) in [5.41, 5.74) is 2.61. The average Bonchev–Trinajstić information content (AvgIpc) is 3.41. The Bertz CT molecular complexity index is 1510. The summed E-state index contributed by atoms with van der Waals surface area (Å²) >= 11 is 1.51. The van der Waals surface area contributed by atoms with Crippen molar-refractivity contribution in [2.45, 2.75) is 65.5 Å². The minimum Gasteiger partial charge on any atom is -0.463 e. The van der Waals surface area contributed by atoms with Crippen molar-refractivity contribution in [1.82, 2.24) is 0 Å². The number of Topliss-reactive ketones (excluding diaryl/α,β-unsaturated/α-hetero) is 1. The lowest BCUT2D eigenvalue weighted by Gasteiger charge is -2.33. The number of rotatable bonds is 13. The molecule has 0 spiro atoms. The van der Waals surface area contributed by atoms with Crippen molar-refractivity contribution in [3.8, 4) is 10.4 Å². The van der Waals surface area contributed by atoms with Crippen LogP contribution in [0.15, 0.2) is 54.6 Å². The Morgan fingerprint density at radius 2 is 1.41 bits per heavy atom. The van der Waals surface area contributed by atoms with Gasteiger partial charge in [-0.2, -0.15) is 0 Å². The van der Waals surface area contributed by atoms with Crippen LogP contribution in [0.25, 0.3) is 10.4 Å². The fourth-order valence-corrected chi connectivity index (χ4v) is 5.44. The van der Waals surface area contributed by atoms with E-state index in [9.17, 15) is 33.5 Å². The number of aliphatic hydroxyl groups is 1. The van der Waals surface area contributed by atoms with Gasteiger partial charge in [0.1, 0.15) is 18.5 Å². The number of benzene rings is 2. The molecule has 0 saturated heterocycles. The van der Waals surface area contributed by atoms with Crippen molar-refractivity contribution in [2.75, 3.05) is 6.61 Å². The van der Waals surface area contributed by atoms with Gasteiger partial charge < -0.3 is 24.1 Å². The van der Waals surface area contributed by atoms with Gasteiger partial charge in [-0.25, -0.2) is 4.39 Å². The third-order valence-corrected chi connectivity index (χ3v) is 7.54. The molecule has 0 saturated carbocycles. The number of esters is 4. The SMILES string of the molecule is CC(=O)OC[C@@H](O)[C@@H](OC(C)=O)[C@H](OC(C)=O)[C@@H](OC(C)=O)C(=O)c1ccc(C)c(Cc2ccc(-c3ccc(F)cc3)s2)c1. The topological polar surface area (TPSA) is 143 Å². The summed E-state index contributed by atoms with van der Waals surface area (Å²) in [6.45, 7) is 5.38. The summed E-state index contributed by atoms with van der Waals surface area (Å²) in [6.07, 6.45) is -6.68. The third kappa shape index (κ3) is 9.55. The van der Waals surface area contributed by atoms with E-state index in [4.69, 9.17) is 18.9 Å². The molecule has 44 heavy (non-hydrogen) atoms. The average molecular weight is 629 g/mol. The summed E-state index contributed by atoms with van der Waals surface area (Å²) in [5.74, 6) is -4.60. The highest BCUT2D eigenvalue weighted by atomic mass is 32.1. The highest BCUT2D eigenvalue weighted by Crippen LogP contribution is 2.31. The van der Waals surface area contributed by atoms with Crippen LogP contribution in [0, 0.1) is 12.7 Å². The van der Waals surface area contributed by atoms with Crippen LogP contribution in [0.1, 0.15) is 54.1 Å². The molecule has 1 heterocycles. The molecule has 0 unspecified atom stereocenters. The molecule has 0 aliphatic carbocycles. The van der Waals surface area contributed by atoms with Gasteiger partial charge in [-0.15, -0.1) is 11.3 Å². The molecule has 12 heteroatoms. The molecule has 1 aromatic heterocycles. The van der Waals surface area contributed by atoms with E-state index in [1.807, 2.05) is 19.1 Å². The van der Waals surface area contributed by atoms with Crippen LogP contribution in [0.5, 0.6) is 0 Å². The van der Waals surface area contributed by atoms with Crippen molar-refractivity contribution in [3.05, 3.63) is 82.0 Å². The number of carbonyl (C=O) groups excluding carboxylic acids is 5. The zero-order valence-electron chi connectivity index (χ0n) is 24.8. The van der Waals surface area contributed by atoms with Crippen LogP contribution in [-0.4, -0.2) is 65.8 Å². The molecule has 1 N–H and O–H groups in total. The van der Waals surface area contributed by atoms with E-state index in [1.54, 1.807) is 24.3 Å². The summed E-state index contributed by atoms with van der Waals surface area (Å²) < 4.78 is 34.0. The molecule has 0 aliphatic heterocycles. The molecule has 0 radical (unpaired) electrons. The van der Waals surface area contributed by atoms with E-state index in [1.165, 1.54) is 29.5 Å². The number of ether oxygens (including phenoxy) is 4. The second-order valence-electron chi connectivity index (χ2n) is 10.0. The van der Waals surface area contributed by atoms with Crippen LogP contribution < -0.4 is 0 Å². The first-order valence-electron chi connectivity index (χ1n) is 13.6. The van der Waals surface area contributed by atoms with Gasteiger partial charge in [-0.05, 0) is 53.9 Å². The largest absolute Gasteiger partial charge is 0.463 e. The van der Waals surface area contributed by atoms with Gasteiger partial charge in [0.15, 0.2) is 12.2 Å². The number of hydrogen-bond acceptors (Lipinski definition) is 11. The van der Waals surface area contributed by atoms with Gasteiger partial charge in [0.05, 0.1) is 0 Å². The van der Waals surface area contributed by atoms with E-state index in [2.05, 4.69) is 0 Å². The van der Waals surface area contributed by atoms with E-state index in [-0.39, 0.29) is 11.4 Å². The van der Waals surface area contributed by atoms with E-state index in [0.29, 0.717) is 6.42 Å². The highest BCUT2D eigenvalue weighted by molar-refractivity contribution is 7.15. The smallest absolute Gasteiger partial charge is 0.303 e. The van der Waals surface area contributed by atoms with E-state index >= 15 is 0 Å². The van der Waals surface area contributed by atoms with Gasteiger partial charge in [-0.3, -0.25) is 24.0 Å². The molecule has 234 valence electrons. The molecule has 4 atom stereocenters. The number of hydrogen-bond donors (Lipinski definition) is 1. The second-order valence-corrected chi connectivity index (χ2v) is 11.2. The first kappa shape index (κ1) is 34.1. The fourth-order valence-electron chi connectivity index (χ4n) is 4.40. The number of aryl methyl sites for hydroxylation is 1. The van der Waals surface area contributed by atoms with Gasteiger partial charge in [0.2, 0.25) is 11.9 Å². The maximum absolute atomic E-state index is 13.9. The summed E-state index contributed by atoms with van der Waals surface area (Å²) in [7, 11) is 0. The highest BCUT2D eigenvalue weighted by Gasteiger charge is 2.45. The Morgan fingerprint density at radius 3 is 2.00 bits per heavy atom. The van der Waals surface area contributed by atoms with E-state index in [0.717, 1.165) is 54.1 Å². The molecular weight excluding hydrogens is 595 g/mol. The van der Waals surface area contributed by atoms with Crippen LogP contribution in [0.2, 0.25) is 0 Å². The fraction of sp³-hybridized carbons (Fsp3) is 0.344. The lowest BCUT2D eigenvalue weighted by molar-refractivity contribution is -0.192. The molecule has 10 nitrogen and oxygen atoms in total. The lowest BCUT2D eigenvalue weighted by Crippen LogP contribution is -2.54. The number of aliphatic hydroxyl groups excluding tert-OH is 1. The van der Waals surface area contributed by atoms with Crippen molar-refractivity contribution in [2.24, 2.45) is 0 Å². The molecule has 0 aliphatic rings. The molecule has 2 aromatic carbocycles. The Balaban J connectivity index is 1.97. The summed E-state index contributed by atoms with van der Waals surface area (Å²) in [4.78, 5) is 63.3. The quantitative estimate of drug-likeness (QED) is 0.165. The van der Waals surface area contributed by atoms with Gasteiger partial charge in [0.25, 0.3) is 0 Å². The predicted octanol–water partition coefficient (Wildman–Crippen LogP) is 4.36. The summed E-state index contributed by atoms with van der Waals surface area (Å²) in [5, 5.41) is 10.8. The van der Waals surface area contributed by atoms with Gasteiger partial charge in [0, 0.05) is 49.4 Å². The van der Waals surface area contributed by atoms with Gasteiger partial charge in [-0.1, -0.05) is 24.3 Å². The normalized spacial score (nSPS) is 13.6. The van der Waals surface area contributed by atoms with Crippen LogP contribution in [-0.2, 0) is 44.5 Å². The minimum atomic E-state index is -1.84. The summed E-state index contributed by atoms with van der Waals surface area (Å²) in [6, 6.07) is 14.9. The first-order chi connectivity index (χ1) is 20.7. The van der Waals surface area contributed by atoms with E-state index < -0.39 is 60.7 Å². The van der Waals surface area contributed by atoms with Crippen LogP contribution >= 0.6 is 11.3 Å². The zero-order chi connectivity index (χ0) is 32.6. The van der Waals surface area contributed by atoms with Gasteiger partial charge >= 0.3 is 23.9 Å². The third-order valence-electron chi connectivity index (χ3n) is 6.40. The molecule has 0 amide bonds.